The minimum absolute atomic E-state index is 0.0621. The quantitative estimate of drug-likeness (QED) is 0.165. The molecule has 40 heavy (non-hydrogen) atoms. The number of Topliss-reactive ketones (excluding diaryl/α,β-unsaturated/α-hetero) is 1. The highest BCUT2D eigenvalue weighted by Crippen LogP contribution is 2.44. The molecule has 0 aliphatic carbocycles. The number of ketones is 1. The van der Waals surface area contributed by atoms with Gasteiger partial charge in [0.1, 0.15) is 22.8 Å². The first kappa shape index (κ1) is 31.3. The van der Waals surface area contributed by atoms with Gasteiger partial charge in [0.25, 0.3) is 0 Å². The average Bonchev–Trinajstić information content (AvgIpc) is 2.93. The van der Waals surface area contributed by atoms with E-state index in [0.29, 0.717) is 48.1 Å². The number of fused-ring (bicyclic) bond motifs is 1. The maximum absolute atomic E-state index is 13.4. The van der Waals surface area contributed by atoms with Gasteiger partial charge in [0.15, 0.2) is 5.78 Å². The molecule has 8 nitrogen and oxygen atoms in total. The zero-order valence-corrected chi connectivity index (χ0v) is 24.3. The van der Waals surface area contributed by atoms with E-state index in [2.05, 4.69) is 0 Å². The number of carbonyl (C=O) groups excluding carboxylic acids is 3. The second kappa shape index (κ2) is 15.5. The smallest absolute Gasteiger partial charge is 0.305 e. The number of benzene rings is 2. The largest absolute Gasteiger partial charge is 0.493 e. The molecule has 0 radical (unpaired) electrons. The van der Waals surface area contributed by atoms with E-state index in [4.69, 9.17) is 35.3 Å². The van der Waals surface area contributed by atoms with Crippen molar-refractivity contribution in [2.45, 2.75) is 77.7 Å². The molecule has 9 heteroatoms. The van der Waals surface area contributed by atoms with Crippen molar-refractivity contribution >= 4 is 29.3 Å². The van der Waals surface area contributed by atoms with Crippen LogP contribution in [0.5, 0.6) is 17.2 Å². The number of hydrogen-bond donors (Lipinski definition) is 0. The Hall–Kier alpha value is -3.26. The van der Waals surface area contributed by atoms with E-state index in [9.17, 15) is 14.4 Å². The Morgan fingerprint density at radius 2 is 1.52 bits per heavy atom. The van der Waals surface area contributed by atoms with Gasteiger partial charge in [0.05, 0.1) is 38.4 Å². The molecule has 1 heterocycles. The fraction of sp³-hybridized carbons (Fsp3) is 0.516. The van der Waals surface area contributed by atoms with Crippen LogP contribution < -0.4 is 14.2 Å². The summed E-state index contributed by atoms with van der Waals surface area (Å²) in [4.78, 5) is 37.8. The highest BCUT2D eigenvalue weighted by Gasteiger charge is 2.42. The highest BCUT2D eigenvalue weighted by atomic mass is 35.5. The Labute approximate surface area is 241 Å². The van der Waals surface area contributed by atoms with Crippen LogP contribution in [0.3, 0.4) is 0 Å². The number of hydrogen-bond acceptors (Lipinski definition) is 8. The minimum atomic E-state index is -1.03. The summed E-state index contributed by atoms with van der Waals surface area (Å²) in [6, 6.07) is 10.7. The van der Waals surface area contributed by atoms with Gasteiger partial charge < -0.3 is 23.7 Å². The Morgan fingerprint density at radius 3 is 2.12 bits per heavy atom. The molecule has 0 bridgehead atoms. The van der Waals surface area contributed by atoms with Gasteiger partial charge in [-0.05, 0) is 69.5 Å². The third kappa shape index (κ3) is 8.88. The Morgan fingerprint density at radius 1 is 0.900 bits per heavy atom. The monoisotopic (exact) mass is 574 g/mol. The first-order valence-electron chi connectivity index (χ1n) is 14.0. The van der Waals surface area contributed by atoms with Gasteiger partial charge in [-0.1, -0.05) is 24.9 Å². The third-order valence-corrected chi connectivity index (χ3v) is 6.88. The molecule has 1 aliphatic heterocycles. The van der Waals surface area contributed by atoms with E-state index >= 15 is 0 Å². The van der Waals surface area contributed by atoms with Crippen LogP contribution in [0.4, 0.5) is 0 Å². The van der Waals surface area contributed by atoms with Gasteiger partial charge in [0.2, 0.25) is 0 Å². The van der Waals surface area contributed by atoms with E-state index in [-0.39, 0.29) is 63.0 Å². The summed E-state index contributed by atoms with van der Waals surface area (Å²) in [6.45, 7) is 6.94. The van der Waals surface area contributed by atoms with Gasteiger partial charge in [0, 0.05) is 29.8 Å². The zero-order valence-electron chi connectivity index (χ0n) is 23.6. The normalized spacial score (nSPS) is 13.7. The van der Waals surface area contributed by atoms with Crippen molar-refractivity contribution in [2.24, 2.45) is 0 Å². The van der Waals surface area contributed by atoms with Gasteiger partial charge in [-0.3, -0.25) is 14.4 Å². The minimum Gasteiger partial charge on any atom is -0.493 e. The molecule has 218 valence electrons. The summed E-state index contributed by atoms with van der Waals surface area (Å²) < 4.78 is 28.7. The lowest BCUT2D eigenvalue weighted by Gasteiger charge is -2.39. The topological polar surface area (TPSA) is 97.4 Å². The first-order valence-corrected chi connectivity index (χ1v) is 14.4. The molecule has 0 N–H and O–H groups in total. The molecule has 2 aromatic carbocycles. The van der Waals surface area contributed by atoms with Crippen LogP contribution >= 0.6 is 11.6 Å². The summed E-state index contributed by atoms with van der Waals surface area (Å²) in [6.07, 6.45) is 2.80. The van der Waals surface area contributed by atoms with Gasteiger partial charge in [-0.25, -0.2) is 0 Å². The van der Waals surface area contributed by atoms with Gasteiger partial charge in [-0.15, -0.1) is 0 Å². The predicted molar refractivity (Wildman–Crippen MR) is 152 cm³/mol. The van der Waals surface area contributed by atoms with Crippen molar-refractivity contribution in [1.82, 2.24) is 0 Å². The number of ether oxygens (including phenoxy) is 5. The van der Waals surface area contributed by atoms with Gasteiger partial charge in [-0.2, -0.15) is 0 Å². The van der Waals surface area contributed by atoms with Crippen LogP contribution in [0.2, 0.25) is 5.02 Å². The molecule has 0 saturated carbocycles. The molecular formula is C31H39ClO8. The molecule has 0 saturated heterocycles. The summed E-state index contributed by atoms with van der Waals surface area (Å²) in [5.41, 5.74) is 0.269. The van der Waals surface area contributed by atoms with Crippen molar-refractivity contribution in [2.75, 3.05) is 26.4 Å². The Bertz CT molecular complexity index is 1120. The SMILES string of the molecule is CCCc1c(OCCCOc2ccc(Cl)cc2)ccc2c1OC(CCC(=O)OCC)(CCC(=O)OCC)CC2=O. The van der Waals surface area contributed by atoms with E-state index in [1.165, 1.54) is 0 Å². The molecule has 0 spiro atoms. The maximum atomic E-state index is 13.4. The highest BCUT2D eigenvalue weighted by molar-refractivity contribution is 6.30. The van der Waals surface area contributed by atoms with Crippen molar-refractivity contribution in [3.8, 4) is 17.2 Å². The van der Waals surface area contributed by atoms with Crippen LogP contribution in [0, 0.1) is 0 Å². The van der Waals surface area contributed by atoms with Gasteiger partial charge >= 0.3 is 11.9 Å². The second-order valence-electron chi connectivity index (χ2n) is 9.67. The average molecular weight is 575 g/mol. The van der Waals surface area contributed by atoms with Crippen molar-refractivity contribution in [1.29, 1.82) is 0 Å². The predicted octanol–water partition coefficient (Wildman–Crippen LogP) is 6.53. The Kier molecular flexibility index (Phi) is 12.1. The number of rotatable bonds is 16. The fourth-order valence-electron chi connectivity index (χ4n) is 4.70. The van der Waals surface area contributed by atoms with Crippen LogP contribution in [0.25, 0.3) is 0 Å². The number of esters is 2. The van der Waals surface area contributed by atoms with Crippen molar-refractivity contribution in [3.63, 3.8) is 0 Å². The summed E-state index contributed by atoms with van der Waals surface area (Å²) in [5.74, 6) is 1.03. The van der Waals surface area contributed by atoms with Crippen molar-refractivity contribution < 1.29 is 38.1 Å². The molecule has 0 aromatic heterocycles. The lowest BCUT2D eigenvalue weighted by molar-refractivity contribution is -0.145. The van der Waals surface area contributed by atoms with Crippen LogP contribution in [0.15, 0.2) is 36.4 Å². The standard InChI is InChI=1S/C31H39ClO8/c1-4-8-25-27(39-20-7-19-38-23-11-9-22(32)10-12-23)14-13-24-26(33)21-31(40-30(24)25,17-15-28(34)36-5-2)18-16-29(35)37-6-3/h9-14H,4-8,15-21H2,1-3H3. The first-order chi connectivity index (χ1) is 19.3. The van der Waals surface area contributed by atoms with E-state index in [1.54, 1.807) is 32.0 Å². The Balaban J connectivity index is 1.77. The number of carbonyl (C=O) groups is 3. The van der Waals surface area contributed by atoms with Crippen LogP contribution in [0.1, 0.15) is 81.6 Å². The van der Waals surface area contributed by atoms with Crippen LogP contribution in [-0.4, -0.2) is 49.8 Å². The maximum Gasteiger partial charge on any atom is 0.305 e. The summed E-state index contributed by atoms with van der Waals surface area (Å²) in [7, 11) is 0. The molecule has 0 unspecified atom stereocenters. The molecule has 3 rings (SSSR count). The molecule has 0 atom stereocenters. The summed E-state index contributed by atoms with van der Waals surface area (Å²) >= 11 is 5.92. The van der Waals surface area contributed by atoms with E-state index in [1.807, 2.05) is 25.1 Å². The molecule has 1 aliphatic rings. The lowest BCUT2D eigenvalue weighted by atomic mass is 9.82. The fourth-order valence-corrected chi connectivity index (χ4v) is 4.83. The zero-order chi connectivity index (χ0) is 29.0. The van der Waals surface area contributed by atoms with Crippen LogP contribution in [-0.2, 0) is 25.5 Å². The molecular weight excluding hydrogens is 536 g/mol. The molecule has 0 amide bonds. The third-order valence-electron chi connectivity index (χ3n) is 6.63. The lowest BCUT2D eigenvalue weighted by Crippen LogP contribution is -2.43. The molecule has 0 fully saturated rings. The number of halogens is 1. The second-order valence-corrected chi connectivity index (χ2v) is 10.1. The summed E-state index contributed by atoms with van der Waals surface area (Å²) in [5, 5.41) is 0.651. The molecule has 2 aromatic rings. The van der Waals surface area contributed by atoms with E-state index in [0.717, 1.165) is 17.7 Å². The van der Waals surface area contributed by atoms with Crippen molar-refractivity contribution in [3.05, 3.63) is 52.5 Å². The van der Waals surface area contributed by atoms with E-state index < -0.39 is 5.60 Å².